The molecule has 2 unspecified atom stereocenters. The highest BCUT2D eigenvalue weighted by Crippen LogP contribution is 2.38. The van der Waals surface area contributed by atoms with E-state index in [1.54, 1.807) is 0 Å². The summed E-state index contributed by atoms with van der Waals surface area (Å²) in [6, 6.07) is 0. The van der Waals surface area contributed by atoms with Gasteiger partial charge in [-0.25, -0.2) is 15.3 Å². The van der Waals surface area contributed by atoms with Crippen LogP contribution in [0, 0.1) is 0 Å². The maximum atomic E-state index is 11.0. The Morgan fingerprint density at radius 2 is 1.67 bits per heavy atom. The zero-order chi connectivity index (χ0) is 17.1. The molecule has 1 fully saturated rings. The minimum Gasteiger partial charge on any atom is -0.449 e. The Bertz CT molecular complexity index is 452. The second-order valence-corrected chi connectivity index (χ2v) is 4.44. The van der Waals surface area contributed by atoms with E-state index in [2.05, 4.69) is 14.5 Å². The van der Waals surface area contributed by atoms with Crippen molar-refractivity contribution in [2.45, 2.75) is 23.8 Å². The summed E-state index contributed by atoms with van der Waals surface area (Å²) in [5.74, 6) is -8.45. The van der Waals surface area contributed by atoms with Gasteiger partial charge in [0.15, 0.2) is 6.10 Å². The first-order valence-electron chi connectivity index (χ1n) is 4.67. The number of aliphatic hydroxyl groups excluding tert-OH is 2. The Hall–Kier alpha value is -0.980. The van der Waals surface area contributed by atoms with Crippen molar-refractivity contribution in [1.82, 2.24) is 0 Å². The number of cyclic esters (lactones) is 1. The smallest absolute Gasteiger partial charge is 0.394 e. The van der Waals surface area contributed by atoms with Crippen molar-refractivity contribution < 1.29 is 67.8 Å². The summed E-state index contributed by atoms with van der Waals surface area (Å²) < 4.78 is 35.8. The fourth-order valence-corrected chi connectivity index (χ4v) is 1.27. The Morgan fingerprint density at radius 1 is 1.24 bits per heavy atom. The number of hydrogen-bond donors (Lipinski definition) is 8. The molecule has 1 saturated heterocycles. The lowest BCUT2D eigenvalue weighted by atomic mass is 9.99. The van der Waals surface area contributed by atoms with E-state index in [9.17, 15) is 15.0 Å². The number of aliphatic hydroxyl groups is 4. The molecule has 14 nitrogen and oxygen atoms in total. The van der Waals surface area contributed by atoms with Gasteiger partial charge in [-0.1, -0.05) is 0 Å². The van der Waals surface area contributed by atoms with E-state index in [1.165, 1.54) is 0 Å². The molecule has 0 aliphatic carbocycles. The van der Waals surface area contributed by atoms with E-state index in [-0.39, 0.29) is 0 Å². The van der Waals surface area contributed by atoms with Gasteiger partial charge in [0, 0.05) is 0 Å². The minimum atomic E-state index is -4.67. The summed E-state index contributed by atoms with van der Waals surface area (Å²) in [5, 5.41) is 53.3. The Kier molecular flexibility index (Phi) is 6.53. The van der Waals surface area contributed by atoms with E-state index in [0.717, 1.165) is 0 Å². The molecular formula is C6H12O14S. The van der Waals surface area contributed by atoms with Crippen LogP contribution in [0.4, 0.5) is 0 Å². The summed E-state index contributed by atoms with van der Waals surface area (Å²) >= 11 is 0. The zero-order valence-electron chi connectivity index (χ0n) is 9.80. The van der Waals surface area contributed by atoms with Crippen LogP contribution in [-0.2, 0) is 29.7 Å². The third-order valence-corrected chi connectivity index (χ3v) is 2.19. The molecule has 21 heavy (non-hydrogen) atoms. The lowest BCUT2D eigenvalue weighted by Crippen LogP contribution is -2.63. The molecule has 0 radical (unpaired) electrons. The standard InChI is InChI=1S/C6H10O10.H2O4S/c7-1-2(8)3-5(10,15-12)6(11,16-13)4(9)14-3;1-5(2,3)4/h2-3,7-8,10-13H,1H2;(H2,1,2,3,4)/t2-,3+,5?,6?;/m0./s1. The molecule has 0 amide bonds. The normalized spacial score (nSPS) is 33.9. The predicted molar refractivity (Wildman–Crippen MR) is 54.5 cm³/mol. The number of hydrogen-bond acceptors (Lipinski definition) is 12. The first-order valence-corrected chi connectivity index (χ1v) is 6.06. The third kappa shape index (κ3) is 4.25. The molecule has 0 aromatic rings. The molecule has 0 bridgehead atoms. The van der Waals surface area contributed by atoms with Gasteiger partial charge in [0.2, 0.25) is 0 Å². The van der Waals surface area contributed by atoms with E-state index in [0.29, 0.717) is 0 Å². The van der Waals surface area contributed by atoms with Gasteiger partial charge in [0.25, 0.3) is 0 Å². The van der Waals surface area contributed by atoms with Gasteiger partial charge >= 0.3 is 27.9 Å². The third-order valence-electron chi connectivity index (χ3n) is 2.19. The lowest BCUT2D eigenvalue weighted by molar-refractivity contribution is -0.509. The molecule has 126 valence electrons. The van der Waals surface area contributed by atoms with E-state index in [4.69, 9.17) is 38.3 Å². The van der Waals surface area contributed by atoms with Crippen LogP contribution < -0.4 is 0 Å². The van der Waals surface area contributed by atoms with Crippen LogP contribution >= 0.6 is 0 Å². The number of rotatable bonds is 4. The summed E-state index contributed by atoms with van der Waals surface area (Å²) in [5.41, 5.74) is 0. The van der Waals surface area contributed by atoms with Gasteiger partial charge in [0.1, 0.15) is 6.10 Å². The van der Waals surface area contributed by atoms with Crippen LogP contribution in [0.3, 0.4) is 0 Å². The lowest BCUT2D eigenvalue weighted by Gasteiger charge is -2.31. The number of carbonyl (C=O) groups excluding carboxylic acids is 1. The average Bonchev–Trinajstić information content (AvgIpc) is 2.58. The zero-order valence-corrected chi connectivity index (χ0v) is 10.6. The molecule has 4 atom stereocenters. The molecule has 1 aliphatic rings. The Morgan fingerprint density at radius 3 is 1.95 bits per heavy atom. The van der Waals surface area contributed by atoms with Crippen LogP contribution in [0.25, 0.3) is 0 Å². The molecule has 1 rings (SSSR count). The van der Waals surface area contributed by atoms with Crippen LogP contribution in [0.2, 0.25) is 0 Å². The quantitative estimate of drug-likeness (QED) is 0.0798. The topological polar surface area (TPSA) is 241 Å². The van der Waals surface area contributed by atoms with Crippen molar-refractivity contribution in [3.05, 3.63) is 0 Å². The van der Waals surface area contributed by atoms with E-state index < -0.39 is 46.8 Å². The van der Waals surface area contributed by atoms with Crippen molar-refractivity contribution in [2.24, 2.45) is 0 Å². The summed E-state index contributed by atoms with van der Waals surface area (Å²) in [7, 11) is -4.67. The Balaban J connectivity index is 0.000000690. The van der Waals surface area contributed by atoms with E-state index in [1.807, 2.05) is 0 Å². The van der Waals surface area contributed by atoms with Gasteiger partial charge < -0.3 is 25.2 Å². The Labute approximate surface area is 115 Å². The second kappa shape index (κ2) is 6.85. The molecule has 8 N–H and O–H groups in total. The van der Waals surface area contributed by atoms with Crippen LogP contribution in [0.1, 0.15) is 0 Å². The van der Waals surface area contributed by atoms with Gasteiger partial charge in [0.05, 0.1) is 6.61 Å². The van der Waals surface area contributed by atoms with Crippen molar-refractivity contribution in [3.8, 4) is 0 Å². The maximum absolute atomic E-state index is 11.0. The van der Waals surface area contributed by atoms with Crippen molar-refractivity contribution in [3.63, 3.8) is 0 Å². The first kappa shape index (κ1) is 20.0. The molecular weight excluding hydrogens is 328 g/mol. The number of esters is 1. The number of carbonyl (C=O) groups is 1. The van der Waals surface area contributed by atoms with Crippen LogP contribution in [-0.4, -0.2) is 84.8 Å². The SMILES string of the molecule is O=C1O[C@H]([C@@H](O)CO)C(O)(OO)C1(O)OO.O=S(=O)(O)O. The first-order chi connectivity index (χ1) is 9.37. The fraction of sp³-hybridized carbons (Fsp3) is 0.833. The average molecular weight is 340 g/mol. The van der Waals surface area contributed by atoms with E-state index >= 15 is 0 Å². The predicted octanol–water partition coefficient (Wildman–Crippen LogP) is -4.03. The summed E-state index contributed by atoms with van der Waals surface area (Å²) in [6.45, 7) is -0.981. The maximum Gasteiger partial charge on any atom is 0.394 e. The fourth-order valence-electron chi connectivity index (χ4n) is 1.27. The van der Waals surface area contributed by atoms with Crippen LogP contribution in [0.5, 0.6) is 0 Å². The van der Waals surface area contributed by atoms with Crippen LogP contribution in [0.15, 0.2) is 0 Å². The second-order valence-electron chi connectivity index (χ2n) is 3.55. The van der Waals surface area contributed by atoms with Gasteiger partial charge in [-0.2, -0.15) is 18.2 Å². The van der Waals surface area contributed by atoms with Crippen molar-refractivity contribution in [2.75, 3.05) is 6.61 Å². The molecule has 0 aromatic heterocycles. The molecule has 1 aliphatic heterocycles. The highest BCUT2D eigenvalue weighted by atomic mass is 32.3. The monoisotopic (exact) mass is 340 g/mol. The molecule has 1 heterocycles. The van der Waals surface area contributed by atoms with Gasteiger partial charge in [-0.05, 0) is 0 Å². The summed E-state index contributed by atoms with van der Waals surface area (Å²) in [4.78, 5) is 17.7. The number of ether oxygens (including phenoxy) is 1. The highest BCUT2D eigenvalue weighted by Gasteiger charge is 2.74. The largest absolute Gasteiger partial charge is 0.449 e. The molecule has 0 saturated carbocycles. The van der Waals surface area contributed by atoms with Gasteiger partial charge in [-0.15, -0.1) is 0 Å². The highest BCUT2D eigenvalue weighted by molar-refractivity contribution is 7.79. The summed E-state index contributed by atoms with van der Waals surface area (Å²) in [6.07, 6.45) is -3.95. The van der Waals surface area contributed by atoms with Gasteiger partial charge in [-0.3, -0.25) is 9.11 Å². The molecule has 0 aromatic carbocycles. The van der Waals surface area contributed by atoms with Crippen molar-refractivity contribution in [1.29, 1.82) is 0 Å². The molecule has 0 spiro atoms. The molecule has 15 heteroatoms. The van der Waals surface area contributed by atoms with Crippen molar-refractivity contribution >= 4 is 16.4 Å². The minimum absolute atomic E-state index is 0.981.